The lowest BCUT2D eigenvalue weighted by atomic mass is 9.98. The van der Waals surface area contributed by atoms with Crippen LogP contribution in [0, 0.1) is 6.92 Å². The summed E-state index contributed by atoms with van der Waals surface area (Å²) in [7, 11) is 1.62. The Kier molecular flexibility index (Phi) is 4.72. The molecule has 4 rings (SSSR count). The minimum Gasteiger partial charge on any atom is -0.497 e. The number of aryl methyl sites for hydroxylation is 1. The molecule has 2 aromatic heterocycles. The number of fused-ring (bicyclic) bond motifs is 1. The fourth-order valence-corrected chi connectivity index (χ4v) is 3.00. The van der Waals surface area contributed by atoms with Crippen molar-refractivity contribution in [3.05, 3.63) is 89.5 Å². The fraction of sp³-hybridized carbons (Fsp3) is 0.143. The maximum Gasteiger partial charge on any atom is 0.291 e. The van der Waals surface area contributed by atoms with Gasteiger partial charge in [0, 0.05) is 11.9 Å². The average molecular weight is 373 g/mol. The summed E-state index contributed by atoms with van der Waals surface area (Å²) < 4.78 is 6.79. The highest BCUT2D eigenvalue weighted by Gasteiger charge is 2.21. The first kappa shape index (κ1) is 17.7. The number of aromatic nitrogens is 4. The van der Waals surface area contributed by atoms with Crippen LogP contribution in [0.5, 0.6) is 5.75 Å². The van der Waals surface area contributed by atoms with Crippen LogP contribution >= 0.6 is 0 Å². The van der Waals surface area contributed by atoms with Crippen LogP contribution < -0.4 is 10.1 Å². The number of ether oxygens (including phenoxy) is 1. The molecule has 2 aromatic carbocycles. The van der Waals surface area contributed by atoms with Gasteiger partial charge >= 0.3 is 0 Å². The SMILES string of the molecule is COc1ccc([C@H](NC(=O)c2nc3nccc(C)n3n2)c2ccccc2)cc1. The number of amides is 1. The maximum atomic E-state index is 12.9. The van der Waals surface area contributed by atoms with E-state index in [1.165, 1.54) is 0 Å². The van der Waals surface area contributed by atoms with E-state index in [4.69, 9.17) is 4.74 Å². The minimum atomic E-state index is -0.366. The van der Waals surface area contributed by atoms with Crippen LogP contribution in [0.2, 0.25) is 0 Å². The molecule has 140 valence electrons. The number of nitrogens with one attached hydrogen (secondary N) is 1. The molecule has 7 nitrogen and oxygen atoms in total. The molecule has 0 saturated heterocycles. The standard InChI is InChI=1S/C21H19N5O2/c1-14-12-13-22-21-24-19(25-26(14)21)20(27)23-18(15-6-4-3-5-7-15)16-8-10-17(28-2)11-9-16/h3-13,18H,1-2H3,(H,23,27)/t18-/m1/s1. The number of methoxy groups -OCH3 is 1. The lowest BCUT2D eigenvalue weighted by Crippen LogP contribution is -2.30. The van der Waals surface area contributed by atoms with E-state index in [2.05, 4.69) is 20.4 Å². The largest absolute Gasteiger partial charge is 0.497 e. The van der Waals surface area contributed by atoms with Gasteiger partial charge in [-0.2, -0.15) is 4.98 Å². The molecule has 0 radical (unpaired) electrons. The van der Waals surface area contributed by atoms with Crippen molar-refractivity contribution in [3.8, 4) is 5.75 Å². The van der Waals surface area contributed by atoms with E-state index >= 15 is 0 Å². The first-order valence-electron chi connectivity index (χ1n) is 8.84. The van der Waals surface area contributed by atoms with Crippen molar-refractivity contribution in [3.63, 3.8) is 0 Å². The van der Waals surface area contributed by atoms with Crippen LogP contribution in [-0.2, 0) is 0 Å². The van der Waals surface area contributed by atoms with Crippen LogP contribution in [0.1, 0.15) is 33.5 Å². The Morgan fingerprint density at radius 2 is 1.75 bits per heavy atom. The second-order valence-corrected chi connectivity index (χ2v) is 6.32. The number of rotatable bonds is 5. The Morgan fingerprint density at radius 1 is 1.04 bits per heavy atom. The molecule has 2 heterocycles. The number of benzene rings is 2. The van der Waals surface area contributed by atoms with Crippen molar-refractivity contribution >= 4 is 11.7 Å². The van der Waals surface area contributed by atoms with Crippen molar-refractivity contribution in [2.75, 3.05) is 7.11 Å². The van der Waals surface area contributed by atoms with Gasteiger partial charge in [-0.25, -0.2) is 9.50 Å². The van der Waals surface area contributed by atoms with Crippen LogP contribution in [0.4, 0.5) is 0 Å². The molecule has 0 spiro atoms. The summed E-state index contributed by atoms with van der Waals surface area (Å²) in [5.41, 5.74) is 2.74. The van der Waals surface area contributed by atoms with Gasteiger partial charge < -0.3 is 10.1 Å². The summed E-state index contributed by atoms with van der Waals surface area (Å²) in [6.45, 7) is 1.88. The van der Waals surface area contributed by atoms with E-state index in [9.17, 15) is 4.79 Å². The lowest BCUT2D eigenvalue weighted by Gasteiger charge is -2.19. The van der Waals surface area contributed by atoms with Gasteiger partial charge in [-0.05, 0) is 36.2 Å². The van der Waals surface area contributed by atoms with E-state index in [-0.39, 0.29) is 17.8 Å². The first-order valence-corrected chi connectivity index (χ1v) is 8.84. The summed E-state index contributed by atoms with van der Waals surface area (Å²) in [4.78, 5) is 21.3. The predicted molar refractivity (Wildman–Crippen MR) is 104 cm³/mol. The zero-order valence-corrected chi connectivity index (χ0v) is 15.5. The zero-order valence-electron chi connectivity index (χ0n) is 15.5. The number of nitrogens with zero attached hydrogens (tertiary/aromatic N) is 4. The fourth-order valence-electron chi connectivity index (χ4n) is 3.00. The van der Waals surface area contributed by atoms with Gasteiger partial charge in [0.05, 0.1) is 13.2 Å². The predicted octanol–water partition coefficient (Wildman–Crippen LogP) is 2.96. The van der Waals surface area contributed by atoms with Gasteiger partial charge in [0.2, 0.25) is 5.82 Å². The molecule has 0 aliphatic heterocycles. The van der Waals surface area contributed by atoms with Gasteiger partial charge in [0.1, 0.15) is 5.75 Å². The van der Waals surface area contributed by atoms with Gasteiger partial charge in [0.25, 0.3) is 11.7 Å². The van der Waals surface area contributed by atoms with Gasteiger partial charge in [-0.3, -0.25) is 4.79 Å². The summed E-state index contributed by atoms with van der Waals surface area (Å²) in [5, 5.41) is 7.33. The third kappa shape index (κ3) is 3.42. The summed E-state index contributed by atoms with van der Waals surface area (Å²) in [5.74, 6) is 0.863. The van der Waals surface area contributed by atoms with Crippen molar-refractivity contribution in [1.82, 2.24) is 24.9 Å². The zero-order chi connectivity index (χ0) is 19.5. The van der Waals surface area contributed by atoms with E-state index in [1.54, 1.807) is 17.8 Å². The van der Waals surface area contributed by atoms with E-state index < -0.39 is 0 Å². The lowest BCUT2D eigenvalue weighted by molar-refractivity contribution is 0.0932. The number of carbonyl (C=O) groups excluding carboxylic acids is 1. The Morgan fingerprint density at radius 3 is 2.43 bits per heavy atom. The van der Waals surface area contributed by atoms with E-state index in [1.807, 2.05) is 67.6 Å². The van der Waals surface area contributed by atoms with Crippen LogP contribution in [0.25, 0.3) is 5.78 Å². The molecular formula is C21H19N5O2. The van der Waals surface area contributed by atoms with Gasteiger partial charge in [-0.15, -0.1) is 5.10 Å². The van der Waals surface area contributed by atoms with Crippen molar-refractivity contribution in [2.45, 2.75) is 13.0 Å². The Labute approximate surface area is 162 Å². The molecule has 0 unspecified atom stereocenters. The number of carbonyl (C=O) groups is 1. The number of hydrogen-bond acceptors (Lipinski definition) is 5. The smallest absolute Gasteiger partial charge is 0.291 e. The monoisotopic (exact) mass is 373 g/mol. The average Bonchev–Trinajstić information content (AvgIpc) is 3.19. The quantitative estimate of drug-likeness (QED) is 0.582. The van der Waals surface area contributed by atoms with Crippen LogP contribution in [0.3, 0.4) is 0 Å². The highest BCUT2D eigenvalue weighted by Crippen LogP contribution is 2.24. The molecule has 0 aliphatic rings. The Balaban J connectivity index is 1.68. The molecule has 28 heavy (non-hydrogen) atoms. The molecule has 1 atom stereocenters. The highest BCUT2D eigenvalue weighted by atomic mass is 16.5. The van der Waals surface area contributed by atoms with E-state index in [0.29, 0.717) is 5.78 Å². The molecule has 0 fully saturated rings. The molecule has 0 saturated carbocycles. The van der Waals surface area contributed by atoms with Crippen molar-refractivity contribution in [1.29, 1.82) is 0 Å². The third-order valence-electron chi connectivity index (χ3n) is 4.49. The second-order valence-electron chi connectivity index (χ2n) is 6.32. The molecule has 1 N–H and O–H groups in total. The van der Waals surface area contributed by atoms with Crippen LogP contribution in [-0.4, -0.2) is 32.6 Å². The Bertz CT molecular complexity index is 1110. The summed E-state index contributed by atoms with van der Waals surface area (Å²) in [6.07, 6.45) is 1.64. The molecular weight excluding hydrogens is 354 g/mol. The molecule has 7 heteroatoms. The first-order chi connectivity index (χ1) is 13.7. The third-order valence-corrected chi connectivity index (χ3v) is 4.49. The van der Waals surface area contributed by atoms with Gasteiger partial charge in [-0.1, -0.05) is 42.5 Å². The summed E-state index contributed by atoms with van der Waals surface area (Å²) >= 11 is 0. The summed E-state index contributed by atoms with van der Waals surface area (Å²) in [6, 6.07) is 18.8. The molecule has 4 aromatic rings. The minimum absolute atomic E-state index is 0.0799. The van der Waals surface area contributed by atoms with Gasteiger partial charge in [0.15, 0.2) is 0 Å². The Hall–Kier alpha value is -3.74. The second kappa shape index (κ2) is 7.48. The maximum absolute atomic E-state index is 12.9. The molecule has 0 bridgehead atoms. The highest BCUT2D eigenvalue weighted by molar-refractivity contribution is 5.91. The molecule has 0 aliphatic carbocycles. The number of hydrogen-bond donors (Lipinski definition) is 1. The normalized spacial score (nSPS) is 11.9. The van der Waals surface area contributed by atoms with E-state index in [0.717, 1.165) is 22.6 Å². The molecule has 1 amide bonds. The van der Waals surface area contributed by atoms with Crippen molar-refractivity contribution < 1.29 is 9.53 Å². The van der Waals surface area contributed by atoms with Crippen LogP contribution in [0.15, 0.2) is 66.9 Å². The van der Waals surface area contributed by atoms with Crippen molar-refractivity contribution in [2.24, 2.45) is 0 Å². The topological polar surface area (TPSA) is 81.4 Å².